The van der Waals surface area contributed by atoms with Gasteiger partial charge in [-0.1, -0.05) is 0 Å². The molecule has 2 N–H and O–H groups in total. The number of rotatable bonds is 11. The molecular formula is C12H10F17O3P. The van der Waals surface area contributed by atoms with Crippen LogP contribution in [0.25, 0.3) is 0 Å². The summed E-state index contributed by atoms with van der Waals surface area (Å²) in [5.74, 6) is -51.1. The molecule has 0 rings (SSSR count). The molecule has 200 valence electrons. The van der Waals surface area contributed by atoms with Gasteiger partial charge in [-0.05, 0) is 0 Å². The SMILES string of the molecule is O=P(O)(O)CCC(F)(F)CC(F)(F)CC(F)(F)C(F)(F)C(F)(F)C(F)(F)C(F)(F)C(F)(F)F. The summed E-state index contributed by atoms with van der Waals surface area (Å²) < 4.78 is 231. The van der Waals surface area contributed by atoms with Crippen molar-refractivity contribution in [2.45, 2.75) is 66.9 Å². The van der Waals surface area contributed by atoms with Crippen molar-refractivity contribution in [2.75, 3.05) is 6.16 Å². The highest BCUT2D eigenvalue weighted by Crippen LogP contribution is 2.61. The van der Waals surface area contributed by atoms with Crippen molar-refractivity contribution in [3.8, 4) is 0 Å². The molecule has 33 heavy (non-hydrogen) atoms. The molecule has 21 heteroatoms. The zero-order valence-corrected chi connectivity index (χ0v) is 15.9. The lowest BCUT2D eigenvalue weighted by atomic mass is 9.90. The Labute approximate surface area is 171 Å². The molecular weight excluding hydrogens is 546 g/mol. The second kappa shape index (κ2) is 8.57. The van der Waals surface area contributed by atoms with Crippen molar-refractivity contribution in [1.82, 2.24) is 0 Å². The van der Waals surface area contributed by atoms with E-state index in [2.05, 4.69) is 0 Å². The average Bonchev–Trinajstić information content (AvgIpc) is 2.48. The van der Waals surface area contributed by atoms with E-state index in [0.717, 1.165) is 0 Å². The Hall–Kier alpha value is -1.04. The van der Waals surface area contributed by atoms with E-state index in [0.29, 0.717) is 0 Å². The number of halogens is 17. The maximum Gasteiger partial charge on any atom is 0.460 e. The van der Waals surface area contributed by atoms with Crippen molar-refractivity contribution >= 4 is 7.60 Å². The van der Waals surface area contributed by atoms with Gasteiger partial charge in [0.2, 0.25) is 0 Å². The topological polar surface area (TPSA) is 57.5 Å². The monoisotopic (exact) mass is 556 g/mol. The van der Waals surface area contributed by atoms with Gasteiger partial charge in [0.15, 0.2) is 0 Å². The van der Waals surface area contributed by atoms with Crippen LogP contribution in [0.1, 0.15) is 19.3 Å². The van der Waals surface area contributed by atoms with E-state index < -0.39 is 80.7 Å². The van der Waals surface area contributed by atoms with Crippen molar-refractivity contribution < 1.29 is 89.0 Å². The Morgan fingerprint density at radius 3 is 1.21 bits per heavy atom. The Kier molecular flexibility index (Phi) is 8.30. The fourth-order valence-electron chi connectivity index (χ4n) is 2.08. The molecule has 0 bridgehead atoms. The standard InChI is InChI=1S/C12H10F17O3P/c13-5(14,1-2-33(30,31)32)3-6(15,16)4-7(17,18)8(19,20)9(21,22)10(23,24)11(25,26)12(27,28)29/h1-4H2,(H2,30,31,32). The molecule has 0 saturated carbocycles. The maximum absolute atomic E-state index is 13.4. The zero-order chi connectivity index (χ0) is 27.3. The molecule has 0 saturated heterocycles. The first-order valence-electron chi connectivity index (χ1n) is 7.63. The Morgan fingerprint density at radius 2 is 0.879 bits per heavy atom. The summed E-state index contributed by atoms with van der Waals surface area (Å²) in [5, 5.41) is 0. The summed E-state index contributed by atoms with van der Waals surface area (Å²) in [7, 11) is -5.30. The third-order valence-electron chi connectivity index (χ3n) is 3.77. The van der Waals surface area contributed by atoms with Crippen molar-refractivity contribution in [1.29, 1.82) is 0 Å². The van der Waals surface area contributed by atoms with Crippen LogP contribution in [0.3, 0.4) is 0 Å². The van der Waals surface area contributed by atoms with Crippen LogP contribution in [-0.2, 0) is 4.57 Å². The van der Waals surface area contributed by atoms with Gasteiger partial charge in [0.05, 0.1) is 19.0 Å². The molecule has 0 amide bonds. The highest BCUT2D eigenvalue weighted by atomic mass is 31.2. The number of hydrogen-bond acceptors (Lipinski definition) is 1. The minimum atomic E-state index is -8.36. The minimum absolute atomic E-state index is 1.86. The van der Waals surface area contributed by atoms with Crippen LogP contribution in [-0.4, -0.2) is 63.6 Å². The molecule has 0 heterocycles. The molecule has 0 spiro atoms. The van der Waals surface area contributed by atoms with Crippen molar-refractivity contribution in [3.63, 3.8) is 0 Å². The lowest BCUT2D eigenvalue weighted by Crippen LogP contribution is -2.70. The first-order valence-corrected chi connectivity index (χ1v) is 9.43. The number of hydrogen-bond donors (Lipinski definition) is 2. The molecule has 0 aliphatic heterocycles. The van der Waals surface area contributed by atoms with E-state index in [4.69, 9.17) is 9.79 Å². The smallest absolute Gasteiger partial charge is 0.324 e. The zero-order valence-electron chi connectivity index (χ0n) is 15.0. The Bertz CT molecular complexity index is 738. The molecule has 0 aromatic rings. The molecule has 3 nitrogen and oxygen atoms in total. The van der Waals surface area contributed by atoms with E-state index in [1.165, 1.54) is 0 Å². The van der Waals surface area contributed by atoms with E-state index in [1.807, 2.05) is 0 Å². The van der Waals surface area contributed by atoms with Gasteiger partial charge in [-0.2, -0.15) is 57.1 Å². The Balaban J connectivity index is 6.05. The molecule has 0 aromatic heterocycles. The van der Waals surface area contributed by atoms with Crippen LogP contribution < -0.4 is 0 Å². The van der Waals surface area contributed by atoms with Crippen LogP contribution in [0, 0.1) is 0 Å². The van der Waals surface area contributed by atoms with Gasteiger partial charge in [-0.3, -0.25) is 4.57 Å². The summed E-state index contributed by atoms with van der Waals surface area (Å²) in [6, 6.07) is 0. The molecule has 0 aromatic carbocycles. The fourth-order valence-corrected chi connectivity index (χ4v) is 2.69. The van der Waals surface area contributed by atoms with E-state index >= 15 is 0 Å². The van der Waals surface area contributed by atoms with Gasteiger partial charge in [0.25, 0.3) is 11.8 Å². The van der Waals surface area contributed by atoms with Gasteiger partial charge >= 0.3 is 43.4 Å². The largest absolute Gasteiger partial charge is 0.460 e. The van der Waals surface area contributed by atoms with Crippen molar-refractivity contribution in [3.05, 3.63) is 0 Å². The highest BCUT2D eigenvalue weighted by molar-refractivity contribution is 7.51. The lowest BCUT2D eigenvalue weighted by Gasteiger charge is -2.40. The first-order chi connectivity index (χ1) is 13.9. The van der Waals surface area contributed by atoms with E-state index in [-0.39, 0.29) is 0 Å². The Morgan fingerprint density at radius 1 is 0.515 bits per heavy atom. The quantitative estimate of drug-likeness (QED) is 0.231. The molecule has 0 radical (unpaired) electrons. The normalized spacial score (nSPS) is 16.3. The average molecular weight is 556 g/mol. The van der Waals surface area contributed by atoms with Crippen LogP contribution >= 0.6 is 7.60 Å². The number of alkyl halides is 17. The predicted octanol–water partition coefficient (Wildman–Crippen LogP) is 6.34. The summed E-state index contributed by atoms with van der Waals surface area (Å²) >= 11 is 0. The van der Waals surface area contributed by atoms with Crippen molar-refractivity contribution in [2.24, 2.45) is 0 Å². The van der Waals surface area contributed by atoms with Crippen LogP contribution in [0.2, 0.25) is 0 Å². The second-order valence-corrected chi connectivity index (χ2v) is 8.48. The summed E-state index contributed by atoms with van der Waals surface area (Å²) in [5.41, 5.74) is 0. The van der Waals surface area contributed by atoms with Gasteiger partial charge < -0.3 is 9.79 Å². The van der Waals surface area contributed by atoms with Crippen LogP contribution in [0.4, 0.5) is 74.6 Å². The maximum atomic E-state index is 13.4. The summed E-state index contributed by atoms with van der Waals surface area (Å²) in [4.78, 5) is 16.7. The molecule has 0 fully saturated rings. The van der Waals surface area contributed by atoms with E-state index in [1.54, 1.807) is 0 Å². The molecule has 0 aliphatic carbocycles. The third-order valence-corrected chi connectivity index (χ3v) is 4.57. The van der Waals surface area contributed by atoms with Gasteiger partial charge in [-0.25, -0.2) is 17.6 Å². The molecule has 0 unspecified atom stereocenters. The highest BCUT2D eigenvalue weighted by Gasteiger charge is 2.91. The summed E-state index contributed by atoms with van der Waals surface area (Å²) in [6.45, 7) is 0. The van der Waals surface area contributed by atoms with Gasteiger partial charge in [0.1, 0.15) is 0 Å². The lowest BCUT2D eigenvalue weighted by molar-refractivity contribution is -0.442. The predicted molar refractivity (Wildman–Crippen MR) is 71.4 cm³/mol. The van der Waals surface area contributed by atoms with Crippen LogP contribution in [0.15, 0.2) is 0 Å². The van der Waals surface area contributed by atoms with E-state index in [9.17, 15) is 79.2 Å². The van der Waals surface area contributed by atoms with Gasteiger partial charge in [-0.15, -0.1) is 0 Å². The first kappa shape index (κ1) is 32.0. The molecule has 0 aliphatic rings. The summed E-state index contributed by atoms with van der Waals surface area (Å²) in [6.07, 6.45) is -19.2. The third kappa shape index (κ3) is 6.55. The molecule has 0 atom stereocenters. The van der Waals surface area contributed by atoms with Gasteiger partial charge in [0, 0.05) is 6.42 Å². The van der Waals surface area contributed by atoms with Crippen LogP contribution in [0.5, 0.6) is 0 Å². The fraction of sp³-hybridized carbons (Fsp3) is 1.00. The minimum Gasteiger partial charge on any atom is -0.324 e. The second-order valence-electron chi connectivity index (χ2n) is 6.70.